The van der Waals surface area contributed by atoms with Crippen LogP contribution in [0.2, 0.25) is 5.02 Å². The van der Waals surface area contributed by atoms with Gasteiger partial charge in [0.25, 0.3) is 5.91 Å². The van der Waals surface area contributed by atoms with Gasteiger partial charge < -0.3 is 15.0 Å². The van der Waals surface area contributed by atoms with Gasteiger partial charge in [-0.1, -0.05) is 23.7 Å². The Morgan fingerprint density at radius 2 is 2.09 bits per heavy atom. The molecule has 0 saturated heterocycles. The molecule has 2 N–H and O–H groups in total. The highest BCUT2D eigenvalue weighted by Crippen LogP contribution is 2.17. The first kappa shape index (κ1) is 16.6. The molecule has 0 radical (unpaired) electrons. The number of aryl methyl sites for hydroxylation is 2. The predicted molar refractivity (Wildman–Crippen MR) is 88.2 cm³/mol. The van der Waals surface area contributed by atoms with Gasteiger partial charge in [-0.15, -0.1) is 0 Å². The molecule has 0 atom stereocenters. The summed E-state index contributed by atoms with van der Waals surface area (Å²) in [4.78, 5) is 17.6. The van der Waals surface area contributed by atoms with Gasteiger partial charge in [0.1, 0.15) is 5.69 Å². The van der Waals surface area contributed by atoms with Crippen LogP contribution in [0.5, 0.6) is 0 Å². The average Bonchev–Trinajstić information content (AvgIpc) is 2.81. The second kappa shape index (κ2) is 7.47. The van der Waals surface area contributed by atoms with Crippen molar-refractivity contribution in [3.05, 3.63) is 57.9 Å². The molecular formula is C17H21ClN2O2. The van der Waals surface area contributed by atoms with E-state index in [1.165, 1.54) is 0 Å². The summed E-state index contributed by atoms with van der Waals surface area (Å²) in [6, 6.07) is 9.43. The van der Waals surface area contributed by atoms with E-state index in [-0.39, 0.29) is 12.5 Å². The molecular weight excluding hydrogens is 300 g/mol. The van der Waals surface area contributed by atoms with E-state index in [0.717, 1.165) is 16.8 Å². The summed E-state index contributed by atoms with van der Waals surface area (Å²) in [6.07, 6.45) is 0.547. The summed E-state index contributed by atoms with van der Waals surface area (Å²) in [7, 11) is 0. The Hall–Kier alpha value is -1.78. The van der Waals surface area contributed by atoms with Crippen molar-refractivity contribution < 1.29 is 9.90 Å². The number of benzene rings is 1. The highest BCUT2D eigenvalue weighted by Gasteiger charge is 2.19. The molecule has 5 heteroatoms. The zero-order valence-electron chi connectivity index (χ0n) is 12.9. The molecule has 2 aromatic rings. The van der Waals surface area contributed by atoms with Crippen LogP contribution >= 0.6 is 11.6 Å². The summed E-state index contributed by atoms with van der Waals surface area (Å²) in [5, 5.41) is 9.72. The minimum atomic E-state index is -0.0565. The minimum absolute atomic E-state index is 0.0565. The number of aromatic nitrogens is 1. The van der Waals surface area contributed by atoms with Crippen LogP contribution in [0, 0.1) is 13.8 Å². The number of aliphatic hydroxyl groups is 1. The average molecular weight is 321 g/mol. The van der Waals surface area contributed by atoms with Gasteiger partial charge in [-0.3, -0.25) is 4.79 Å². The largest absolute Gasteiger partial charge is 0.396 e. The lowest BCUT2D eigenvalue weighted by atomic mass is 10.2. The molecule has 118 valence electrons. The number of nitrogens with zero attached hydrogens (tertiary/aromatic N) is 1. The molecule has 0 aliphatic rings. The van der Waals surface area contributed by atoms with E-state index in [2.05, 4.69) is 4.98 Å². The Bertz CT molecular complexity index is 652. The number of aliphatic hydroxyl groups excluding tert-OH is 1. The van der Waals surface area contributed by atoms with E-state index in [0.29, 0.717) is 30.2 Å². The molecule has 0 bridgehead atoms. The van der Waals surface area contributed by atoms with Gasteiger partial charge in [-0.05, 0) is 49.6 Å². The fourth-order valence-corrected chi connectivity index (χ4v) is 2.69. The molecule has 0 fully saturated rings. The van der Waals surface area contributed by atoms with Crippen molar-refractivity contribution in [3.63, 3.8) is 0 Å². The van der Waals surface area contributed by atoms with Gasteiger partial charge >= 0.3 is 0 Å². The van der Waals surface area contributed by atoms with Crippen molar-refractivity contribution in [2.24, 2.45) is 0 Å². The molecule has 4 nitrogen and oxygen atoms in total. The minimum Gasteiger partial charge on any atom is -0.396 e. The van der Waals surface area contributed by atoms with Crippen LogP contribution in [-0.2, 0) is 6.54 Å². The van der Waals surface area contributed by atoms with Crippen molar-refractivity contribution in [2.45, 2.75) is 26.8 Å². The second-order valence-electron chi connectivity index (χ2n) is 5.44. The van der Waals surface area contributed by atoms with Crippen molar-refractivity contribution in [1.82, 2.24) is 9.88 Å². The van der Waals surface area contributed by atoms with Crippen LogP contribution in [0.25, 0.3) is 0 Å². The summed E-state index contributed by atoms with van der Waals surface area (Å²) in [5.41, 5.74) is 3.48. The fourth-order valence-electron chi connectivity index (χ4n) is 2.48. The first-order valence-corrected chi connectivity index (χ1v) is 7.70. The number of aromatic amines is 1. The molecule has 1 aromatic heterocycles. The summed E-state index contributed by atoms with van der Waals surface area (Å²) in [6.45, 7) is 4.87. The maximum Gasteiger partial charge on any atom is 0.270 e. The fraction of sp³-hybridized carbons (Fsp3) is 0.353. The molecule has 1 aromatic carbocycles. The number of rotatable bonds is 6. The molecule has 0 aliphatic carbocycles. The molecule has 2 rings (SSSR count). The normalized spacial score (nSPS) is 10.7. The molecule has 22 heavy (non-hydrogen) atoms. The van der Waals surface area contributed by atoms with Crippen LogP contribution in [0.3, 0.4) is 0 Å². The van der Waals surface area contributed by atoms with Crippen LogP contribution < -0.4 is 0 Å². The number of amides is 1. The SMILES string of the molecule is Cc1cc(C)c(C(=O)N(CCCO)Cc2cccc(Cl)c2)[nH]1. The third-order valence-electron chi connectivity index (χ3n) is 3.50. The van der Waals surface area contributed by atoms with E-state index >= 15 is 0 Å². The van der Waals surface area contributed by atoms with Crippen molar-refractivity contribution in [3.8, 4) is 0 Å². The zero-order valence-corrected chi connectivity index (χ0v) is 13.7. The van der Waals surface area contributed by atoms with Gasteiger partial charge in [0.15, 0.2) is 0 Å². The van der Waals surface area contributed by atoms with Gasteiger partial charge in [0.05, 0.1) is 0 Å². The predicted octanol–water partition coefficient (Wildman–Crippen LogP) is 3.31. The van der Waals surface area contributed by atoms with E-state index < -0.39 is 0 Å². The van der Waals surface area contributed by atoms with Crippen molar-refractivity contribution in [1.29, 1.82) is 0 Å². The van der Waals surface area contributed by atoms with E-state index in [4.69, 9.17) is 16.7 Å². The van der Waals surface area contributed by atoms with Crippen molar-refractivity contribution in [2.75, 3.05) is 13.2 Å². The lowest BCUT2D eigenvalue weighted by Crippen LogP contribution is -2.32. The van der Waals surface area contributed by atoms with Crippen LogP contribution in [-0.4, -0.2) is 34.0 Å². The van der Waals surface area contributed by atoms with E-state index in [1.54, 1.807) is 4.90 Å². The molecule has 0 aliphatic heterocycles. The molecule has 1 amide bonds. The number of halogens is 1. The lowest BCUT2D eigenvalue weighted by molar-refractivity contribution is 0.0726. The summed E-state index contributed by atoms with van der Waals surface area (Å²) < 4.78 is 0. The molecule has 0 unspecified atom stereocenters. The van der Waals surface area contributed by atoms with E-state index in [1.807, 2.05) is 44.2 Å². The second-order valence-corrected chi connectivity index (χ2v) is 5.88. The lowest BCUT2D eigenvalue weighted by Gasteiger charge is -2.22. The Morgan fingerprint density at radius 1 is 1.32 bits per heavy atom. The number of nitrogens with one attached hydrogen (secondary N) is 1. The van der Waals surface area contributed by atoms with Gasteiger partial charge in [-0.2, -0.15) is 0 Å². The summed E-state index contributed by atoms with van der Waals surface area (Å²) >= 11 is 6.01. The number of hydrogen-bond acceptors (Lipinski definition) is 2. The first-order chi connectivity index (χ1) is 10.5. The van der Waals surface area contributed by atoms with Crippen LogP contribution in [0.15, 0.2) is 30.3 Å². The van der Waals surface area contributed by atoms with Crippen LogP contribution in [0.4, 0.5) is 0 Å². The maximum absolute atomic E-state index is 12.8. The Morgan fingerprint density at radius 3 is 2.68 bits per heavy atom. The Labute approximate surface area is 135 Å². The van der Waals surface area contributed by atoms with E-state index in [9.17, 15) is 4.79 Å². The highest BCUT2D eigenvalue weighted by atomic mass is 35.5. The van der Waals surface area contributed by atoms with Crippen molar-refractivity contribution >= 4 is 17.5 Å². The quantitative estimate of drug-likeness (QED) is 0.858. The highest BCUT2D eigenvalue weighted by molar-refractivity contribution is 6.30. The smallest absolute Gasteiger partial charge is 0.270 e. The number of carbonyl (C=O) groups is 1. The standard InChI is InChI=1S/C17H21ClN2O2/c1-12-9-13(2)19-16(12)17(22)20(7-4-8-21)11-14-5-3-6-15(18)10-14/h3,5-6,9-10,19,21H,4,7-8,11H2,1-2H3. The number of carbonyl (C=O) groups excluding carboxylic acids is 1. The topological polar surface area (TPSA) is 56.3 Å². The Kier molecular flexibility index (Phi) is 5.63. The molecule has 0 spiro atoms. The third-order valence-corrected chi connectivity index (χ3v) is 3.73. The van der Waals surface area contributed by atoms with Gasteiger partial charge in [0.2, 0.25) is 0 Å². The maximum atomic E-state index is 12.8. The van der Waals surface area contributed by atoms with Gasteiger partial charge in [-0.25, -0.2) is 0 Å². The monoisotopic (exact) mass is 320 g/mol. The Balaban J connectivity index is 2.21. The molecule has 1 heterocycles. The third kappa shape index (κ3) is 4.12. The molecule has 0 saturated carbocycles. The zero-order chi connectivity index (χ0) is 16.1. The number of hydrogen-bond donors (Lipinski definition) is 2. The van der Waals surface area contributed by atoms with Gasteiger partial charge in [0, 0.05) is 30.4 Å². The summed E-state index contributed by atoms with van der Waals surface area (Å²) in [5.74, 6) is -0.0565. The number of H-pyrrole nitrogens is 1. The first-order valence-electron chi connectivity index (χ1n) is 7.32. The van der Waals surface area contributed by atoms with Crippen LogP contribution in [0.1, 0.15) is 33.7 Å².